The van der Waals surface area contributed by atoms with E-state index >= 15 is 0 Å². The Balaban J connectivity index is 2.14. The fourth-order valence-electron chi connectivity index (χ4n) is 4.18. The molecule has 1 amide bonds. The van der Waals surface area contributed by atoms with Gasteiger partial charge in [0.1, 0.15) is 5.56 Å². The molecule has 0 fully saturated rings. The standard InChI is InChI=1S/C22H27BrN2O2/c1-5-15-10-8-11-16(6-2)20(15)24-22(27)18-17-12-7-9-13(3)25(17)14(4)19(23)21(18)26/h8,10-11,13H,5-7,9,12H2,1-4H3,(H,24,27). The second-order valence-corrected chi connectivity index (χ2v) is 8.07. The van der Waals surface area contributed by atoms with E-state index in [2.05, 4.69) is 46.6 Å². The molecular weight excluding hydrogens is 404 g/mol. The van der Waals surface area contributed by atoms with Gasteiger partial charge in [0.15, 0.2) is 0 Å². The third-order valence-corrected chi connectivity index (χ3v) is 6.56. The Hall–Kier alpha value is -1.88. The van der Waals surface area contributed by atoms with E-state index in [1.54, 1.807) is 0 Å². The molecule has 27 heavy (non-hydrogen) atoms. The van der Waals surface area contributed by atoms with E-state index in [-0.39, 0.29) is 22.9 Å². The van der Waals surface area contributed by atoms with Crippen LogP contribution < -0.4 is 10.7 Å². The van der Waals surface area contributed by atoms with Crippen LogP contribution in [-0.4, -0.2) is 10.5 Å². The van der Waals surface area contributed by atoms with Crippen LogP contribution in [0.2, 0.25) is 0 Å². The molecule has 4 nitrogen and oxygen atoms in total. The van der Waals surface area contributed by atoms with Gasteiger partial charge < -0.3 is 9.88 Å². The lowest BCUT2D eigenvalue weighted by molar-refractivity contribution is 0.102. The minimum atomic E-state index is -0.297. The molecule has 0 aliphatic carbocycles. The Morgan fingerprint density at radius 3 is 2.48 bits per heavy atom. The lowest BCUT2D eigenvalue weighted by Gasteiger charge is -2.30. The first-order valence-corrected chi connectivity index (χ1v) is 10.6. The number of fused-ring (bicyclic) bond motifs is 1. The van der Waals surface area contributed by atoms with E-state index in [4.69, 9.17) is 0 Å². The highest BCUT2D eigenvalue weighted by atomic mass is 79.9. The Bertz CT molecular complexity index is 924. The van der Waals surface area contributed by atoms with Crippen molar-refractivity contribution in [3.8, 4) is 0 Å². The van der Waals surface area contributed by atoms with Crippen molar-refractivity contribution in [2.45, 2.75) is 65.8 Å². The number of halogens is 1. The highest BCUT2D eigenvalue weighted by Crippen LogP contribution is 2.31. The molecule has 2 heterocycles. The fraction of sp³-hybridized carbons (Fsp3) is 0.455. The molecule has 1 aromatic carbocycles. The van der Waals surface area contributed by atoms with Gasteiger partial charge in [-0.3, -0.25) is 9.59 Å². The highest BCUT2D eigenvalue weighted by Gasteiger charge is 2.28. The van der Waals surface area contributed by atoms with Crippen LogP contribution in [0.15, 0.2) is 27.5 Å². The van der Waals surface area contributed by atoms with E-state index in [0.717, 1.165) is 60.3 Å². The number of nitrogens with one attached hydrogen (secondary N) is 1. The molecule has 144 valence electrons. The molecule has 1 aliphatic heterocycles. The van der Waals surface area contributed by atoms with E-state index in [0.29, 0.717) is 4.47 Å². The smallest absolute Gasteiger partial charge is 0.261 e. The first-order valence-electron chi connectivity index (χ1n) is 9.76. The van der Waals surface area contributed by atoms with Crippen LogP contribution in [-0.2, 0) is 19.3 Å². The van der Waals surface area contributed by atoms with Gasteiger partial charge in [-0.2, -0.15) is 0 Å². The topological polar surface area (TPSA) is 51.1 Å². The molecule has 3 rings (SSSR count). The summed E-state index contributed by atoms with van der Waals surface area (Å²) in [4.78, 5) is 26.3. The zero-order valence-corrected chi connectivity index (χ0v) is 18.1. The highest BCUT2D eigenvalue weighted by molar-refractivity contribution is 9.10. The molecular formula is C22H27BrN2O2. The lowest BCUT2D eigenvalue weighted by Crippen LogP contribution is -2.32. The second-order valence-electron chi connectivity index (χ2n) is 7.27. The number of aryl methyl sites for hydroxylation is 2. The summed E-state index contributed by atoms with van der Waals surface area (Å²) in [7, 11) is 0. The zero-order chi connectivity index (χ0) is 19.7. The molecule has 1 atom stereocenters. The van der Waals surface area contributed by atoms with Crippen molar-refractivity contribution in [2.24, 2.45) is 0 Å². The number of benzene rings is 1. The van der Waals surface area contributed by atoms with Crippen molar-refractivity contribution >= 4 is 27.5 Å². The van der Waals surface area contributed by atoms with Crippen LogP contribution in [0.3, 0.4) is 0 Å². The number of hydrogen-bond donors (Lipinski definition) is 1. The van der Waals surface area contributed by atoms with Crippen molar-refractivity contribution in [3.63, 3.8) is 0 Å². The van der Waals surface area contributed by atoms with E-state index in [9.17, 15) is 9.59 Å². The minimum Gasteiger partial charge on any atom is -0.344 e. The predicted molar refractivity (Wildman–Crippen MR) is 114 cm³/mol. The Kier molecular flexibility index (Phi) is 5.89. The molecule has 1 unspecified atom stereocenters. The van der Waals surface area contributed by atoms with Crippen LogP contribution in [0, 0.1) is 6.92 Å². The minimum absolute atomic E-state index is 0.211. The summed E-state index contributed by atoms with van der Waals surface area (Å²) in [6, 6.07) is 6.37. The number of para-hydroxylation sites is 1. The summed E-state index contributed by atoms with van der Waals surface area (Å²) < 4.78 is 2.65. The average molecular weight is 431 g/mol. The number of amides is 1. The van der Waals surface area contributed by atoms with Crippen LogP contribution in [0.5, 0.6) is 0 Å². The van der Waals surface area contributed by atoms with Crippen molar-refractivity contribution in [1.82, 2.24) is 4.57 Å². The molecule has 5 heteroatoms. The van der Waals surface area contributed by atoms with Gasteiger partial charge in [0.05, 0.1) is 4.47 Å². The summed E-state index contributed by atoms with van der Waals surface area (Å²) in [5.41, 5.74) is 4.88. The Labute approximate surface area is 169 Å². The summed E-state index contributed by atoms with van der Waals surface area (Å²) in [5.74, 6) is -0.297. The van der Waals surface area contributed by atoms with Gasteiger partial charge in [-0.05, 0) is 73.0 Å². The van der Waals surface area contributed by atoms with Gasteiger partial charge in [0.2, 0.25) is 5.43 Å². The molecule has 0 radical (unpaired) electrons. The number of rotatable bonds is 4. The van der Waals surface area contributed by atoms with Crippen molar-refractivity contribution in [1.29, 1.82) is 0 Å². The monoisotopic (exact) mass is 430 g/mol. The largest absolute Gasteiger partial charge is 0.344 e. The number of pyridine rings is 1. The molecule has 0 saturated heterocycles. The van der Waals surface area contributed by atoms with Gasteiger partial charge in [0, 0.05) is 23.1 Å². The van der Waals surface area contributed by atoms with Crippen LogP contribution in [0.4, 0.5) is 5.69 Å². The number of hydrogen-bond acceptors (Lipinski definition) is 2. The SMILES string of the molecule is CCc1cccc(CC)c1NC(=O)c1c2n(c(C)c(Br)c1=O)C(C)CCC2. The van der Waals surface area contributed by atoms with Crippen molar-refractivity contribution < 1.29 is 4.79 Å². The summed E-state index contributed by atoms with van der Waals surface area (Å²) in [5, 5.41) is 3.08. The first-order chi connectivity index (χ1) is 12.9. The van der Waals surface area contributed by atoms with Gasteiger partial charge in [0.25, 0.3) is 5.91 Å². The summed E-state index contributed by atoms with van der Waals surface area (Å²) >= 11 is 3.43. The molecule has 0 saturated carbocycles. The normalized spacial score (nSPS) is 16.1. The molecule has 0 bridgehead atoms. The first kappa shape index (κ1) is 19.9. The Morgan fingerprint density at radius 2 is 1.89 bits per heavy atom. The van der Waals surface area contributed by atoms with Crippen LogP contribution in [0.25, 0.3) is 0 Å². The third-order valence-electron chi connectivity index (χ3n) is 5.63. The average Bonchev–Trinajstić information content (AvgIpc) is 2.66. The van der Waals surface area contributed by atoms with Crippen molar-refractivity contribution in [3.05, 3.63) is 61.0 Å². The summed E-state index contributed by atoms with van der Waals surface area (Å²) in [6.45, 7) is 8.24. The fourth-order valence-corrected chi connectivity index (χ4v) is 4.57. The maximum atomic E-state index is 13.3. The molecule has 0 spiro atoms. The molecule has 1 aliphatic rings. The lowest BCUT2D eigenvalue weighted by atomic mass is 9.96. The maximum Gasteiger partial charge on any atom is 0.261 e. The molecule has 1 N–H and O–H groups in total. The van der Waals surface area contributed by atoms with Crippen LogP contribution in [0.1, 0.15) is 72.5 Å². The number of nitrogens with zero attached hydrogens (tertiary/aromatic N) is 1. The number of carbonyl (C=O) groups excluding carboxylic acids is 1. The van der Waals surface area contributed by atoms with Gasteiger partial charge >= 0.3 is 0 Å². The van der Waals surface area contributed by atoms with E-state index in [1.807, 2.05) is 25.1 Å². The van der Waals surface area contributed by atoms with Gasteiger partial charge in [-0.15, -0.1) is 0 Å². The Morgan fingerprint density at radius 1 is 1.26 bits per heavy atom. The van der Waals surface area contributed by atoms with Crippen molar-refractivity contribution in [2.75, 3.05) is 5.32 Å². The summed E-state index contributed by atoms with van der Waals surface area (Å²) in [6.07, 6.45) is 4.47. The van der Waals surface area contributed by atoms with E-state index in [1.165, 1.54) is 0 Å². The maximum absolute atomic E-state index is 13.3. The zero-order valence-electron chi connectivity index (χ0n) is 16.5. The molecule has 2 aromatic rings. The quantitative estimate of drug-likeness (QED) is 0.724. The van der Waals surface area contributed by atoms with Gasteiger partial charge in [-0.25, -0.2) is 0 Å². The number of aromatic nitrogens is 1. The number of carbonyl (C=O) groups is 1. The number of anilines is 1. The predicted octanol–water partition coefficient (Wildman–Crippen LogP) is 5.19. The van der Waals surface area contributed by atoms with Gasteiger partial charge in [-0.1, -0.05) is 32.0 Å². The third kappa shape index (κ3) is 3.49. The molecule has 1 aromatic heterocycles. The second kappa shape index (κ2) is 8.01. The van der Waals surface area contributed by atoms with Crippen LogP contribution >= 0.6 is 15.9 Å². The van der Waals surface area contributed by atoms with E-state index < -0.39 is 0 Å².